The van der Waals surface area contributed by atoms with Crippen molar-refractivity contribution in [3.8, 4) is 0 Å². The molecule has 1 aliphatic heterocycles. The van der Waals surface area contributed by atoms with Gasteiger partial charge in [-0.1, -0.05) is 62.4 Å². The summed E-state index contributed by atoms with van der Waals surface area (Å²) in [6.45, 7) is 10.0. The van der Waals surface area contributed by atoms with Gasteiger partial charge in [-0.15, -0.1) is 0 Å². The zero-order chi connectivity index (χ0) is 53.0. The SMILES string of the molecule is CC(=O)O[C@]12COC1C[C@@H](O)[C@]1(C)C(=O)[C@@H](O)C3=C(C)[C@H](OC(=O)[C@@H](OC(=O)COCCOCCOCC(=O)O)[C@H](NC(=O)OC(C)(C)C)c4ccccc4)C[C@](O)([C@H](OC(=O)c4ccccc4)[C@H]12)C3(C)C. The van der Waals surface area contributed by atoms with Gasteiger partial charge in [0.05, 0.1) is 56.0 Å². The number of ketones is 1. The summed E-state index contributed by atoms with van der Waals surface area (Å²) in [6, 6.07) is 14.2. The number of ether oxygens (including phenoxy) is 9. The summed E-state index contributed by atoms with van der Waals surface area (Å²) in [6.07, 6.45) is -12.1. The van der Waals surface area contributed by atoms with Gasteiger partial charge < -0.3 is 68.4 Å². The molecule has 6 rings (SSSR count). The number of aliphatic hydroxyl groups excluding tert-OH is 2. The molecule has 2 saturated carbocycles. The number of hydrogen-bond donors (Lipinski definition) is 5. The van der Waals surface area contributed by atoms with Gasteiger partial charge in [0, 0.05) is 25.2 Å². The maximum Gasteiger partial charge on any atom is 0.408 e. The lowest BCUT2D eigenvalue weighted by Crippen LogP contribution is -2.81. The van der Waals surface area contributed by atoms with Gasteiger partial charge in [-0.2, -0.15) is 0 Å². The molecule has 1 heterocycles. The minimum absolute atomic E-state index is 0.0158. The number of fused-ring (bicyclic) bond motifs is 5. The lowest BCUT2D eigenvalue weighted by atomic mass is 9.44. The highest BCUT2D eigenvalue weighted by molar-refractivity contribution is 5.94. The number of aliphatic carboxylic acids is 1. The normalized spacial score (nSPS) is 29.3. The number of hydrogen-bond acceptors (Lipinski definition) is 19. The van der Waals surface area contributed by atoms with E-state index in [-0.39, 0.29) is 61.7 Å². The van der Waals surface area contributed by atoms with E-state index in [0.29, 0.717) is 0 Å². The van der Waals surface area contributed by atoms with Crippen LogP contribution in [0.15, 0.2) is 71.8 Å². The topological polar surface area (TPSA) is 296 Å². The van der Waals surface area contributed by atoms with Gasteiger partial charge in [-0.25, -0.2) is 24.0 Å². The molecule has 394 valence electrons. The third-order valence-corrected chi connectivity index (χ3v) is 14.0. The Morgan fingerprint density at radius 1 is 0.861 bits per heavy atom. The predicted octanol–water partition coefficient (Wildman–Crippen LogP) is 2.94. The highest BCUT2D eigenvalue weighted by atomic mass is 16.6. The standard InChI is InChI=1S/C51H65NO20/c1-28-32(68-45(61)40(69-36(57)26-66-22-20-64-19-21-65-25-35(55)56)38(30-15-11-9-12-16-30)52-46(62)72-47(3,4)5)24-51(63)43(70-44(60)31-17-13-10-14-18-31)41-49(8,42(59)39(58)37(28)48(51,6)7)33(54)23-34-50(41,27-67-34)71-29(2)53/h9-18,32-34,38-41,43,54,58,63H,19-27H2,1-8H3,(H,52,62)(H,55,56)/t32-,33-,34?,38-,39+,40+,41-,43-,49+,50-,51+/m1/s1. The molecule has 2 aromatic carbocycles. The maximum atomic E-state index is 15.2. The first kappa shape index (κ1) is 55.5. The van der Waals surface area contributed by atoms with Crippen molar-refractivity contribution in [2.24, 2.45) is 16.7 Å². The molecule has 1 unspecified atom stereocenters. The third-order valence-electron chi connectivity index (χ3n) is 14.0. The van der Waals surface area contributed by atoms with E-state index in [1.54, 1.807) is 69.3 Å². The lowest BCUT2D eigenvalue weighted by Gasteiger charge is -2.67. The molecule has 0 aromatic heterocycles. The van der Waals surface area contributed by atoms with E-state index in [1.165, 1.54) is 39.8 Å². The Bertz CT molecular complexity index is 2370. The van der Waals surface area contributed by atoms with Gasteiger partial charge in [0.25, 0.3) is 0 Å². The van der Waals surface area contributed by atoms with Crippen LogP contribution in [0.25, 0.3) is 0 Å². The van der Waals surface area contributed by atoms with Crippen molar-refractivity contribution in [1.82, 2.24) is 5.32 Å². The van der Waals surface area contributed by atoms with Gasteiger partial charge >= 0.3 is 35.9 Å². The van der Waals surface area contributed by atoms with Crippen molar-refractivity contribution in [3.05, 3.63) is 82.9 Å². The van der Waals surface area contributed by atoms with Crippen LogP contribution >= 0.6 is 0 Å². The van der Waals surface area contributed by atoms with Crippen LogP contribution < -0.4 is 5.32 Å². The van der Waals surface area contributed by atoms with Crippen molar-refractivity contribution < 1.29 is 96.6 Å². The van der Waals surface area contributed by atoms with Crippen molar-refractivity contribution in [2.75, 3.05) is 46.2 Å². The molecule has 1 amide bonds. The fourth-order valence-corrected chi connectivity index (χ4v) is 10.5. The van der Waals surface area contributed by atoms with Crippen molar-refractivity contribution in [1.29, 1.82) is 0 Å². The number of rotatable bonds is 19. The molecule has 3 aliphatic carbocycles. The van der Waals surface area contributed by atoms with E-state index in [2.05, 4.69) is 5.32 Å². The number of nitrogens with one attached hydrogen (secondary N) is 1. The molecule has 3 fully saturated rings. The molecule has 21 nitrogen and oxygen atoms in total. The number of amides is 1. The summed E-state index contributed by atoms with van der Waals surface area (Å²) >= 11 is 0. The highest BCUT2D eigenvalue weighted by Gasteiger charge is 2.78. The number of carboxylic acid groups (broad SMARTS) is 1. The second-order valence-corrected chi connectivity index (χ2v) is 20.2. The summed E-state index contributed by atoms with van der Waals surface area (Å²) in [5, 5.41) is 49.5. The minimum atomic E-state index is -2.47. The summed E-state index contributed by atoms with van der Waals surface area (Å²) < 4.78 is 51.6. The van der Waals surface area contributed by atoms with Crippen LogP contribution in [0.3, 0.4) is 0 Å². The molecule has 5 N–H and O–H groups in total. The van der Waals surface area contributed by atoms with E-state index in [1.807, 2.05) is 0 Å². The smallest absolute Gasteiger partial charge is 0.408 e. The van der Waals surface area contributed by atoms with E-state index >= 15 is 9.59 Å². The van der Waals surface area contributed by atoms with Crippen LogP contribution in [0.1, 0.15) is 90.2 Å². The molecule has 2 bridgehead atoms. The number of alkyl carbamates (subject to hydrolysis) is 1. The Kier molecular flexibility index (Phi) is 17.1. The first-order valence-corrected chi connectivity index (χ1v) is 23.6. The molecular formula is C51H65NO20. The Labute approximate surface area is 416 Å². The van der Waals surface area contributed by atoms with Crippen LogP contribution in [0.2, 0.25) is 0 Å². The highest BCUT2D eigenvalue weighted by Crippen LogP contribution is 2.64. The van der Waals surface area contributed by atoms with Gasteiger partial charge in [-0.05, 0) is 63.5 Å². The number of carbonyl (C=O) groups excluding carboxylic acids is 6. The molecule has 0 spiro atoms. The zero-order valence-corrected chi connectivity index (χ0v) is 41.6. The van der Waals surface area contributed by atoms with Crippen LogP contribution in [-0.2, 0) is 66.6 Å². The third kappa shape index (κ3) is 11.4. The van der Waals surface area contributed by atoms with Crippen LogP contribution in [0, 0.1) is 16.7 Å². The number of carbonyl (C=O) groups is 7. The van der Waals surface area contributed by atoms with Crippen LogP contribution in [0.4, 0.5) is 4.79 Å². The van der Waals surface area contributed by atoms with Gasteiger partial charge in [0.1, 0.15) is 54.9 Å². The largest absolute Gasteiger partial charge is 0.480 e. The molecule has 21 heteroatoms. The second-order valence-electron chi connectivity index (χ2n) is 20.2. The van der Waals surface area contributed by atoms with Crippen LogP contribution in [0.5, 0.6) is 0 Å². The van der Waals surface area contributed by atoms with E-state index in [9.17, 15) is 39.3 Å². The van der Waals surface area contributed by atoms with Gasteiger partial charge in [0.2, 0.25) is 6.10 Å². The first-order valence-electron chi connectivity index (χ1n) is 23.6. The van der Waals surface area contributed by atoms with Crippen molar-refractivity contribution >= 4 is 41.7 Å². The molecule has 0 radical (unpaired) electrons. The summed E-state index contributed by atoms with van der Waals surface area (Å²) in [5.41, 5.74) is -8.89. The molecule has 4 aliphatic rings. The number of Topliss-reactive ketones (excluding diaryl/α,β-unsaturated/α-hetero) is 1. The molecule has 72 heavy (non-hydrogen) atoms. The molecular weight excluding hydrogens is 947 g/mol. The Hall–Kier alpha value is -5.81. The van der Waals surface area contributed by atoms with Crippen LogP contribution in [-0.4, -0.2) is 162 Å². The van der Waals surface area contributed by atoms with Crippen molar-refractivity contribution in [2.45, 2.75) is 128 Å². The number of aliphatic hydroxyl groups is 3. The summed E-state index contributed by atoms with van der Waals surface area (Å²) in [7, 11) is 0. The summed E-state index contributed by atoms with van der Waals surface area (Å²) in [5.74, 6) is -7.89. The van der Waals surface area contributed by atoms with E-state index < -0.39 is 138 Å². The van der Waals surface area contributed by atoms with E-state index in [0.717, 1.165) is 6.92 Å². The number of benzene rings is 2. The number of carboxylic acids is 1. The first-order chi connectivity index (χ1) is 33.8. The quantitative estimate of drug-likeness (QED) is 0.0585. The summed E-state index contributed by atoms with van der Waals surface area (Å²) in [4.78, 5) is 95.4. The predicted molar refractivity (Wildman–Crippen MR) is 248 cm³/mol. The Balaban J connectivity index is 1.42. The van der Waals surface area contributed by atoms with Crippen molar-refractivity contribution in [3.63, 3.8) is 0 Å². The fourth-order valence-electron chi connectivity index (χ4n) is 10.5. The molecule has 2 aromatic rings. The average Bonchev–Trinajstić information content (AvgIpc) is 3.30. The fraction of sp³-hybridized carbons (Fsp3) is 0.588. The second kappa shape index (κ2) is 22.1. The molecule has 1 saturated heterocycles. The van der Waals surface area contributed by atoms with E-state index in [4.69, 9.17) is 47.7 Å². The Morgan fingerprint density at radius 2 is 1.46 bits per heavy atom. The average molecular weight is 1010 g/mol. The molecule has 11 atom stereocenters. The minimum Gasteiger partial charge on any atom is -0.480 e. The van der Waals surface area contributed by atoms with Gasteiger partial charge in [0.15, 0.2) is 11.4 Å². The monoisotopic (exact) mass is 1010 g/mol. The zero-order valence-electron chi connectivity index (χ0n) is 41.6. The maximum absolute atomic E-state index is 15.2. The lowest BCUT2D eigenvalue weighted by molar-refractivity contribution is -0.346. The Morgan fingerprint density at radius 3 is 2.03 bits per heavy atom. The van der Waals surface area contributed by atoms with Gasteiger partial charge in [-0.3, -0.25) is 9.59 Å². The number of esters is 4.